The molecule has 3 rings (SSSR count). The standard InChI is InChI=1S/C20H20N4O2/c1-24(2)14-10-8-12(9-11-14)15-16(20(22)26)19(21)23-17(15)18(25)13-6-4-3-5-7-13/h3-11,23H,21H2,1-2H3,(H2,22,26). The van der Waals surface area contributed by atoms with Crippen molar-refractivity contribution in [2.45, 2.75) is 0 Å². The number of ketones is 1. The molecule has 0 fully saturated rings. The zero-order valence-corrected chi connectivity index (χ0v) is 14.6. The minimum atomic E-state index is -0.683. The Morgan fingerprint density at radius 2 is 1.58 bits per heavy atom. The van der Waals surface area contributed by atoms with Gasteiger partial charge in [0.1, 0.15) is 5.82 Å². The number of aromatic nitrogens is 1. The van der Waals surface area contributed by atoms with E-state index in [1.54, 1.807) is 24.3 Å². The predicted octanol–water partition coefficient (Wildman–Crippen LogP) is 2.66. The molecule has 6 heteroatoms. The van der Waals surface area contributed by atoms with Gasteiger partial charge in [-0.1, -0.05) is 42.5 Å². The number of H-pyrrole nitrogens is 1. The summed E-state index contributed by atoms with van der Waals surface area (Å²) in [6.45, 7) is 0. The van der Waals surface area contributed by atoms with Crippen LogP contribution in [0, 0.1) is 0 Å². The lowest BCUT2D eigenvalue weighted by atomic mass is 9.96. The van der Waals surface area contributed by atoms with Crippen molar-refractivity contribution >= 4 is 23.2 Å². The molecular weight excluding hydrogens is 328 g/mol. The molecule has 2 aromatic carbocycles. The number of nitrogens with one attached hydrogen (secondary N) is 1. The first-order valence-electron chi connectivity index (χ1n) is 8.09. The van der Waals surface area contributed by atoms with Crippen LogP contribution in [0.3, 0.4) is 0 Å². The van der Waals surface area contributed by atoms with E-state index < -0.39 is 5.91 Å². The third-order valence-electron chi connectivity index (χ3n) is 4.21. The van der Waals surface area contributed by atoms with Crippen LogP contribution >= 0.6 is 0 Å². The average molecular weight is 348 g/mol. The fourth-order valence-corrected chi connectivity index (χ4v) is 2.89. The van der Waals surface area contributed by atoms with Gasteiger partial charge in [0.15, 0.2) is 0 Å². The molecule has 6 nitrogen and oxygen atoms in total. The molecule has 0 aliphatic rings. The van der Waals surface area contributed by atoms with E-state index in [-0.39, 0.29) is 22.9 Å². The molecule has 132 valence electrons. The molecule has 3 aromatic rings. The highest BCUT2D eigenvalue weighted by molar-refractivity contribution is 6.17. The quantitative estimate of drug-likeness (QED) is 0.616. The number of anilines is 2. The number of nitrogens with zero attached hydrogens (tertiary/aromatic N) is 1. The molecule has 0 saturated carbocycles. The van der Waals surface area contributed by atoms with Gasteiger partial charge in [-0.3, -0.25) is 9.59 Å². The van der Waals surface area contributed by atoms with E-state index in [0.717, 1.165) is 5.69 Å². The maximum atomic E-state index is 13.0. The third kappa shape index (κ3) is 3.04. The number of benzene rings is 2. The van der Waals surface area contributed by atoms with Gasteiger partial charge in [-0.2, -0.15) is 0 Å². The normalized spacial score (nSPS) is 10.5. The lowest BCUT2D eigenvalue weighted by Gasteiger charge is -2.13. The largest absolute Gasteiger partial charge is 0.385 e. The monoisotopic (exact) mass is 348 g/mol. The summed E-state index contributed by atoms with van der Waals surface area (Å²) in [5.41, 5.74) is 14.5. The van der Waals surface area contributed by atoms with Crippen LogP contribution in [0.1, 0.15) is 26.4 Å². The second kappa shape index (κ2) is 6.76. The minimum Gasteiger partial charge on any atom is -0.385 e. The molecular formula is C20H20N4O2. The summed E-state index contributed by atoms with van der Waals surface area (Å²) in [6.07, 6.45) is 0. The lowest BCUT2D eigenvalue weighted by molar-refractivity contribution is 0.100. The van der Waals surface area contributed by atoms with Gasteiger partial charge in [0.2, 0.25) is 5.78 Å². The number of amides is 1. The van der Waals surface area contributed by atoms with Gasteiger partial charge in [-0.25, -0.2) is 0 Å². The molecule has 0 radical (unpaired) electrons. The maximum absolute atomic E-state index is 13.0. The number of hydrogen-bond acceptors (Lipinski definition) is 4. The first kappa shape index (κ1) is 17.3. The van der Waals surface area contributed by atoms with Gasteiger partial charge in [0, 0.05) is 30.9 Å². The van der Waals surface area contributed by atoms with Crippen molar-refractivity contribution in [2.75, 3.05) is 24.7 Å². The number of aromatic amines is 1. The predicted molar refractivity (Wildman–Crippen MR) is 103 cm³/mol. The van der Waals surface area contributed by atoms with Crippen LogP contribution in [0.2, 0.25) is 0 Å². The van der Waals surface area contributed by atoms with E-state index >= 15 is 0 Å². The average Bonchev–Trinajstić information content (AvgIpc) is 2.99. The summed E-state index contributed by atoms with van der Waals surface area (Å²) < 4.78 is 0. The Kier molecular flexibility index (Phi) is 4.49. The number of nitrogens with two attached hydrogens (primary N) is 2. The van der Waals surface area contributed by atoms with Crippen LogP contribution in [0.25, 0.3) is 11.1 Å². The van der Waals surface area contributed by atoms with Gasteiger partial charge in [-0.05, 0) is 17.7 Å². The molecule has 1 amide bonds. The lowest BCUT2D eigenvalue weighted by Crippen LogP contribution is -2.14. The van der Waals surface area contributed by atoms with Crippen molar-refractivity contribution in [1.82, 2.24) is 4.98 Å². The minimum absolute atomic E-state index is 0.0865. The molecule has 1 aromatic heterocycles. The van der Waals surface area contributed by atoms with Crippen LogP contribution in [-0.4, -0.2) is 30.8 Å². The SMILES string of the molecule is CN(C)c1ccc(-c2c(C(=O)c3ccccc3)[nH]c(N)c2C(N)=O)cc1. The number of carbonyl (C=O) groups excluding carboxylic acids is 2. The van der Waals surface area contributed by atoms with E-state index in [1.807, 2.05) is 49.3 Å². The van der Waals surface area contributed by atoms with E-state index in [9.17, 15) is 9.59 Å². The molecule has 0 aliphatic heterocycles. The van der Waals surface area contributed by atoms with Crippen molar-refractivity contribution in [1.29, 1.82) is 0 Å². The summed E-state index contributed by atoms with van der Waals surface area (Å²) >= 11 is 0. The zero-order chi connectivity index (χ0) is 18.8. The fraction of sp³-hybridized carbons (Fsp3) is 0.100. The van der Waals surface area contributed by atoms with Crippen molar-refractivity contribution in [2.24, 2.45) is 5.73 Å². The van der Waals surface area contributed by atoms with Crippen molar-refractivity contribution in [3.63, 3.8) is 0 Å². The Labute approximate surface area is 151 Å². The highest BCUT2D eigenvalue weighted by Gasteiger charge is 2.26. The van der Waals surface area contributed by atoms with Gasteiger partial charge >= 0.3 is 0 Å². The summed E-state index contributed by atoms with van der Waals surface area (Å²) in [5, 5.41) is 0. The summed E-state index contributed by atoms with van der Waals surface area (Å²) in [5.74, 6) is -0.850. The van der Waals surface area contributed by atoms with E-state index in [0.29, 0.717) is 16.7 Å². The number of rotatable bonds is 5. The van der Waals surface area contributed by atoms with Crippen LogP contribution in [0.4, 0.5) is 11.5 Å². The van der Waals surface area contributed by atoms with Gasteiger partial charge in [-0.15, -0.1) is 0 Å². The molecule has 1 heterocycles. The van der Waals surface area contributed by atoms with Crippen LogP contribution < -0.4 is 16.4 Å². The van der Waals surface area contributed by atoms with Crippen LogP contribution in [-0.2, 0) is 0 Å². The number of hydrogen-bond donors (Lipinski definition) is 3. The number of carbonyl (C=O) groups is 2. The van der Waals surface area contributed by atoms with E-state index in [1.165, 1.54) is 0 Å². The Hall–Kier alpha value is -3.54. The molecule has 0 spiro atoms. The third-order valence-corrected chi connectivity index (χ3v) is 4.21. The molecule has 0 bridgehead atoms. The van der Waals surface area contributed by atoms with Crippen LogP contribution in [0.5, 0.6) is 0 Å². The number of primary amides is 1. The summed E-state index contributed by atoms with van der Waals surface area (Å²) in [7, 11) is 3.87. The Balaban J connectivity index is 2.19. The van der Waals surface area contributed by atoms with E-state index in [4.69, 9.17) is 11.5 Å². The second-order valence-electron chi connectivity index (χ2n) is 6.16. The smallest absolute Gasteiger partial charge is 0.253 e. The van der Waals surface area contributed by atoms with Crippen molar-refractivity contribution in [3.8, 4) is 11.1 Å². The Bertz CT molecular complexity index is 957. The molecule has 0 unspecified atom stereocenters. The highest BCUT2D eigenvalue weighted by atomic mass is 16.1. The van der Waals surface area contributed by atoms with Crippen molar-refractivity contribution < 1.29 is 9.59 Å². The first-order chi connectivity index (χ1) is 12.4. The maximum Gasteiger partial charge on any atom is 0.253 e. The van der Waals surface area contributed by atoms with Gasteiger partial charge < -0.3 is 21.4 Å². The first-order valence-corrected chi connectivity index (χ1v) is 8.09. The van der Waals surface area contributed by atoms with Crippen molar-refractivity contribution in [3.05, 3.63) is 71.4 Å². The molecule has 0 atom stereocenters. The Morgan fingerprint density at radius 1 is 0.962 bits per heavy atom. The molecule has 5 N–H and O–H groups in total. The zero-order valence-electron chi connectivity index (χ0n) is 14.6. The summed E-state index contributed by atoms with van der Waals surface area (Å²) in [4.78, 5) is 29.7. The summed E-state index contributed by atoms with van der Waals surface area (Å²) in [6, 6.07) is 16.3. The second-order valence-corrected chi connectivity index (χ2v) is 6.16. The van der Waals surface area contributed by atoms with Gasteiger partial charge in [0.05, 0.1) is 11.3 Å². The van der Waals surface area contributed by atoms with E-state index in [2.05, 4.69) is 4.98 Å². The Morgan fingerprint density at radius 3 is 2.12 bits per heavy atom. The fourth-order valence-electron chi connectivity index (χ4n) is 2.89. The molecule has 0 aliphatic carbocycles. The number of nitrogen functional groups attached to an aromatic ring is 1. The highest BCUT2D eigenvalue weighted by Crippen LogP contribution is 2.34. The van der Waals surface area contributed by atoms with Gasteiger partial charge in [0.25, 0.3) is 5.91 Å². The topological polar surface area (TPSA) is 105 Å². The molecule has 0 saturated heterocycles. The molecule has 26 heavy (non-hydrogen) atoms. The van der Waals surface area contributed by atoms with Crippen LogP contribution in [0.15, 0.2) is 54.6 Å².